The minimum atomic E-state index is -3.78. The van der Waals surface area contributed by atoms with Crippen LogP contribution >= 0.6 is 11.6 Å². The Morgan fingerprint density at radius 1 is 1.09 bits per heavy atom. The molecule has 0 radical (unpaired) electrons. The van der Waals surface area contributed by atoms with E-state index >= 15 is 0 Å². The van der Waals surface area contributed by atoms with Gasteiger partial charge >= 0.3 is 0 Å². The fraction of sp³-hybridized carbons (Fsp3) is 0.208. The molecule has 0 bridgehead atoms. The summed E-state index contributed by atoms with van der Waals surface area (Å²) in [4.78, 5) is 14.4. The molecule has 3 aromatic carbocycles. The topological polar surface area (TPSA) is 89.7 Å². The predicted molar refractivity (Wildman–Crippen MR) is 124 cm³/mol. The van der Waals surface area contributed by atoms with Crippen molar-refractivity contribution in [3.63, 3.8) is 0 Å². The van der Waals surface area contributed by atoms with Crippen LogP contribution in [0.4, 0.5) is 5.69 Å². The Kier molecular flexibility index (Phi) is 6.24. The van der Waals surface area contributed by atoms with E-state index in [4.69, 9.17) is 21.5 Å². The van der Waals surface area contributed by atoms with E-state index in [1.807, 2.05) is 31.2 Å². The molecule has 4 rings (SSSR count). The summed E-state index contributed by atoms with van der Waals surface area (Å²) in [6.07, 6.45) is 0.319. The van der Waals surface area contributed by atoms with E-state index in [1.54, 1.807) is 29.2 Å². The first kappa shape index (κ1) is 22.3. The number of primary sulfonamides is 1. The number of ether oxygens (including phenoxy) is 1. The quantitative estimate of drug-likeness (QED) is 0.578. The third-order valence-electron chi connectivity index (χ3n) is 5.49. The molecular formula is C24H23ClN2O4S. The van der Waals surface area contributed by atoms with Crippen LogP contribution in [0, 0.1) is 6.92 Å². The van der Waals surface area contributed by atoms with Gasteiger partial charge in [0.25, 0.3) is 0 Å². The van der Waals surface area contributed by atoms with Crippen LogP contribution in [0.1, 0.15) is 29.0 Å². The SMILES string of the molecule is Cc1cccc(COc2cc(Cl)ccc2[C@H]2CC(=O)N(c3ccc(S(N)(=O)=O)cc3)C2)c1. The fourth-order valence-corrected chi connectivity index (χ4v) is 4.59. The maximum absolute atomic E-state index is 12.8. The van der Waals surface area contributed by atoms with Crippen LogP contribution in [0.3, 0.4) is 0 Å². The van der Waals surface area contributed by atoms with Gasteiger partial charge < -0.3 is 9.64 Å². The standard InChI is InChI=1S/C24H23ClN2O4S/c1-16-3-2-4-17(11-16)15-31-23-13-19(25)5-10-22(23)18-12-24(28)27(14-18)20-6-8-21(9-7-20)32(26,29)30/h2-11,13,18H,12,14-15H2,1H3,(H2,26,29,30)/t18-/m0/s1. The van der Waals surface area contributed by atoms with Crippen molar-refractivity contribution in [3.05, 3.63) is 88.4 Å². The van der Waals surface area contributed by atoms with Gasteiger partial charge in [-0.3, -0.25) is 4.79 Å². The highest BCUT2D eigenvalue weighted by Crippen LogP contribution is 2.38. The molecule has 1 saturated heterocycles. The van der Waals surface area contributed by atoms with Crippen molar-refractivity contribution in [1.29, 1.82) is 0 Å². The zero-order valence-corrected chi connectivity index (χ0v) is 19.1. The number of carbonyl (C=O) groups is 1. The summed E-state index contributed by atoms with van der Waals surface area (Å²) in [7, 11) is -3.78. The highest BCUT2D eigenvalue weighted by atomic mass is 35.5. The van der Waals surface area contributed by atoms with Crippen LogP contribution in [-0.4, -0.2) is 20.9 Å². The van der Waals surface area contributed by atoms with Crippen molar-refractivity contribution in [1.82, 2.24) is 0 Å². The van der Waals surface area contributed by atoms with Crippen LogP contribution in [0.5, 0.6) is 5.75 Å². The number of hydrogen-bond acceptors (Lipinski definition) is 4. The molecule has 1 aliphatic heterocycles. The Hall–Kier alpha value is -2.87. The predicted octanol–water partition coefficient (Wildman–Crippen LogP) is 4.40. The third kappa shape index (κ3) is 4.96. The number of hydrogen-bond donors (Lipinski definition) is 1. The summed E-state index contributed by atoms with van der Waals surface area (Å²) < 4.78 is 29.1. The van der Waals surface area contributed by atoms with E-state index in [-0.39, 0.29) is 16.7 Å². The van der Waals surface area contributed by atoms with Crippen LogP contribution < -0.4 is 14.8 Å². The van der Waals surface area contributed by atoms with Gasteiger partial charge in [0.1, 0.15) is 12.4 Å². The van der Waals surface area contributed by atoms with E-state index in [9.17, 15) is 13.2 Å². The number of amides is 1. The van der Waals surface area contributed by atoms with E-state index in [0.717, 1.165) is 16.7 Å². The molecule has 1 fully saturated rings. The van der Waals surface area contributed by atoms with Crippen molar-refractivity contribution in [2.24, 2.45) is 5.14 Å². The Balaban J connectivity index is 1.54. The summed E-state index contributed by atoms with van der Waals surface area (Å²) >= 11 is 6.22. The van der Waals surface area contributed by atoms with Gasteiger partial charge in [0, 0.05) is 29.6 Å². The zero-order chi connectivity index (χ0) is 22.9. The average Bonchev–Trinajstić information content (AvgIpc) is 3.13. The molecular weight excluding hydrogens is 448 g/mol. The molecule has 1 aliphatic rings. The number of anilines is 1. The number of nitrogens with two attached hydrogens (primary N) is 1. The second kappa shape index (κ2) is 8.94. The third-order valence-corrected chi connectivity index (χ3v) is 6.66. The summed E-state index contributed by atoms with van der Waals surface area (Å²) in [5, 5.41) is 5.72. The van der Waals surface area contributed by atoms with Gasteiger partial charge in [-0.2, -0.15) is 0 Å². The van der Waals surface area contributed by atoms with Gasteiger partial charge in [-0.05, 0) is 54.4 Å². The molecule has 6 nitrogen and oxygen atoms in total. The van der Waals surface area contributed by atoms with Crippen molar-refractivity contribution in [2.45, 2.75) is 30.8 Å². The van der Waals surface area contributed by atoms with Gasteiger partial charge in [-0.1, -0.05) is 47.5 Å². The molecule has 8 heteroatoms. The minimum absolute atomic E-state index is 0.00832. The van der Waals surface area contributed by atoms with Crippen molar-refractivity contribution in [3.8, 4) is 5.75 Å². The maximum Gasteiger partial charge on any atom is 0.238 e. The maximum atomic E-state index is 12.8. The molecule has 166 valence electrons. The smallest absolute Gasteiger partial charge is 0.238 e. The van der Waals surface area contributed by atoms with Crippen molar-refractivity contribution >= 4 is 33.2 Å². The number of nitrogens with zero attached hydrogens (tertiary/aromatic N) is 1. The monoisotopic (exact) mass is 470 g/mol. The van der Waals surface area contributed by atoms with Gasteiger partial charge in [0.05, 0.1) is 4.90 Å². The van der Waals surface area contributed by atoms with Crippen LogP contribution in [0.25, 0.3) is 0 Å². The number of rotatable bonds is 6. The minimum Gasteiger partial charge on any atom is -0.489 e. The summed E-state index contributed by atoms with van der Waals surface area (Å²) in [6.45, 7) is 2.88. The van der Waals surface area contributed by atoms with Crippen molar-refractivity contribution in [2.75, 3.05) is 11.4 Å². The molecule has 0 unspecified atom stereocenters. The molecule has 0 saturated carbocycles. The Labute approximate surface area is 192 Å². The Morgan fingerprint density at radius 2 is 1.84 bits per heavy atom. The van der Waals surface area contributed by atoms with Crippen LogP contribution in [-0.2, 0) is 21.4 Å². The molecule has 1 amide bonds. The number of sulfonamides is 1. The van der Waals surface area contributed by atoms with Gasteiger partial charge in [-0.25, -0.2) is 13.6 Å². The summed E-state index contributed by atoms with van der Waals surface area (Å²) in [5.41, 5.74) is 3.75. The molecule has 1 atom stereocenters. The first-order chi connectivity index (χ1) is 15.2. The number of aryl methyl sites for hydroxylation is 1. The lowest BCUT2D eigenvalue weighted by Gasteiger charge is -2.19. The van der Waals surface area contributed by atoms with Crippen LogP contribution in [0.15, 0.2) is 71.6 Å². The average molecular weight is 471 g/mol. The second-order valence-electron chi connectivity index (χ2n) is 7.90. The number of halogens is 1. The summed E-state index contributed by atoms with van der Waals surface area (Å²) in [6, 6.07) is 19.6. The lowest BCUT2D eigenvalue weighted by atomic mass is 9.97. The Morgan fingerprint density at radius 3 is 2.53 bits per heavy atom. The fourth-order valence-electron chi connectivity index (χ4n) is 3.91. The van der Waals surface area contributed by atoms with Gasteiger partial charge in [0.2, 0.25) is 15.9 Å². The van der Waals surface area contributed by atoms with E-state index in [0.29, 0.717) is 36.0 Å². The van der Waals surface area contributed by atoms with Crippen molar-refractivity contribution < 1.29 is 17.9 Å². The number of benzene rings is 3. The van der Waals surface area contributed by atoms with Crippen LogP contribution in [0.2, 0.25) is 5.02 Å². The van der Waals surface area contributed by atoms with E-state index < -0.39 is 10.0 Å². The normalized spacial score (nSPS) is 16.4. The zero-order valence-electron chi connectivity index (χ0n) is 17.5. The molecule has 32 heavy (non-hydrogen) atoms. The second-order valence-corrected chi connectivity index (χ2v) is 9.90. The van der Waals surface area contributed by atoms with E-state index in [2.05, 4.69) is 6.07 Å². The number of carbonyl (C=O) groups excluding carboxylic acids is 1. The molecule has 0 aliphatic carbocycles. The first-order valence-corrected chi connectivity index (χ1v) is 12.0. The molecule has 3 aromatic rings. The lowest BCUT2D eigenvalue weighted by Crippen LogP contribution is -2.24. The highest BCUT2D eigenvalue weighted by Gasteiger charge is 2.33. The molecule has 2 N–H and O–H groups in total. The molecule has 0 aromatic heterocycles. The van der Waals surface area contributed by atoms with E-state index in [1.165, 1.54) is 12.1 Å². The molecule has 0 spiro atoms. The van der Waals surface area contributed by atoms with Gasteiger partial charge in [-0.15, -0.1) is 0 Å². The first-order valence-electron chi connectivity index (χ1n) is 10.1. The Bertz CT molecular complexity index is 1260. The van der Waals surface area contributed by atoms with Gasteiger partial charge in [0.15, 0.2) is 0 Å². The molecule has 1 heterocycles. The largest absolute Gasteiger partial charge is 0.489 e. The lowest BCUT2D eigenvalue weighted by molar-refractivity contribution is -0.117. The highest BCUT2D eigenvalue weighted by molar-refractivity contribution is 7.89. The summed E-state index contributed by atoms with van der Waals surface area (Å²) in [5.74, 6) is 0.534.